The highest BCUT2D eigenvalue weighted by Gasteiger charge is 2.15. The summed E-state index contributed by atoms with van der Waals surface area (Å²) < 4.78 is 0. The van der Waals surface area contributed by atoms with Crippen molar-refractivity contribution >= 4 is 32.1 Å². The van der Waals surface area contributed by atoms with Crippen molar-refractivity contribution in [3.63, 3.8) is 0 Å². The lowest BCUT2D eigenvalue weighted by Crippen LogP contribution is -2.28. The topological polar surface area (TPSA) is 46.2 Å². The number of hydrogen-bond donors (Lipinski definition) is 1. The van der Waals surface area contributed by atoms with Gasteiger partial charge in [-0.1, -0.05) is 11.8 Å². The van der Waals surface area contributed by atoms with Gasteiger partial charge in [0.2, 0.25) is 0 Å². The fourth-order valence-corrected chi connectivity index (χ4v) is 1.15. The first kappa shape index (κ1) is 11.8. The Labute approximate surface area is 79.0 Å². The standard InChI is InChI=1S/C7H15NO2S2/c1-11-7(10)8-5-6(9)12(2,3)4/h5H2,1-4H3,(H,8,10). The van der Waals surface area contributed by atoms with E-state index in [1.807, 2.05) is 18.8 Å². The molecule has 0 aromatic heterocycles. The summed E-state index contributed by atoms with van der Waals surface area (Å²) in [6.07, 6.45) is 7.44. The van der Waals surface area contributed by atoms with Crippen LogP contribution in [0.3, 0.4) is 0 Å². The predicted molar refractivity (Wildman–Crippen MR) is 57.3 cm³/mol. The van der Waals surface area contributed by atoms with Gasteiger partial charge in [0.05, 0.1) is 6.54 Å². The molecule has 1 amide bonds. The molecule has 0 rings (SSSR count). The smallest absolute Gasteiger partial charge is 0.279 e. The predicted octanol–water partition coefficient (Wildman–Crippen LogP) is 1.28. The van der Waals surface area contributed by atoms with Crippen LogP contribution in [0.2, 0.25) is 0 Å². The lowest BCUT2D eigenvalue weighted by Gasteiger charge is -2.22. The molecular weight excluding hydrogens is 194 g/mol. The highest BCUT2D eigenvalue weighted by molar-refractivity contribution is 8.43. The highest BCUT2D eigenvalue weighted by atomic mass is 32.3. The van der Waals surface area contributed by atoms with Gasteiger partial charge in [0.1, 0.15) is 0 Å². The SMILES string of the molecule is CSC(=O)NCC(=O)S(C)(C)C. The second-order valence-corrected chi connectivity index (χ2v) is 7.96. The molecule has 0 saturated carbocycles. The molecule has 5 heteroatoms. The van der Waals surface area contributed by atoms with E-state index in [2.05, 4.69) is 5.32 Å². The van der Waals surface area contributed by atoms with E-state index >= 15 is 0 Å². The molecule has 0 fully saturated rings. The number of thioether (sulfide) groups is 1. The minimum Gasteiger partial charge on any atom is -0.339 e. The molecule has 12 heavy (non-hydrogen) atoms. The van der Waals surface area contributed by atoms with Gasteiger partial charge in [-0.3, -0.25) is 9.59 Å². The van der Waals surface area contributed by atoms with Crippen LogP contribution in [-0.4, -0.2) is 41.9 Å². The van der Waals surface area contributed by atoms with Crippen molar-refractivity contribution in [2.75, 3.05) is 31.6 Å². The van der Waals surface area contributed by atoms with Crippen molar-refractivity contribution < 1.29 is 9.59 Å². The van der Waals surface area contributed by atoms with Crippen LogP contribution in [0.5, 0.6) is 0 Å². The normalized spacial score (nSPS) is 12.3. The maximum atomic E-state index is 11.3. The molecular formula is C7H15NO2S2. The van der Waals surface area contributed by atoms with Crippen molar-refractivity contribution in [1.82, 2.24) is 5.32 Å². The maximum Gasteiger partial charge on any atom is 0.279 e. The molecule has 0 aromatic carbocycles. The van der Waals surface area contributed by atoms with E-state index < -0.39 is 10.0 Å². The van der Waals surface area contributed by atoms with Crippen LogP contribution in [0.25, 0.3) is 0 Å². The van der Waals surface area contributed by atoms with Gasteiger partial charge in [-0.15, -0.1) is 0 Å². The Morgan fingerprint density at radius 1 is 1.33 bits per heavy atom. The van der Waals surface area contributed by atoms with Crippen molar-refractivity contribution in [1.29, 1.82) is 0 Å². The van der Waals surface area contributed by atoms with Crippen molar-refractivity contribution in [2.45, 2.75) is 0 Å². The van der Waals surface area contributed by atoms with E-state index in [4.69, 9.17) is 0 Å². The van der Waals surface area contributed by atoms with Gasteiger partial charge in [0.25, 0.3) is 5.24 Å². The molecule has 0 saturated heterocycles. The molecule has 0 atom stereocenters. The molecule has 0 aliphatic rings. The van der Waals surface area contributed by atoms with Crippen molar-refractivity contribution in [3.05, 3.63) is 0 Å². The summed E-state index contributed by atoms with van der Waals surface area (Å²) in [7, 11) is -1.17. The maximum absolute atomic E-state index is 11.3. The molecule has 0 bridgehead atoms. The summed E-state index contributed by atoms with van der Waals surface area (Å²) in [4.78, 5) is 22.1. The summed E-state index contributed by atoms with van der Waals surface area (Å²) in [5.41, 5.74) is 0. The van der Waals surface area contributed by atoms with Gasteiger partial charge in [-0.2, -0.15) is 10.0 Å². The molecule has 3 nitrogen and oxygen atoms in total. The minimum absolute atomic E-state index is 0.130. The van der Waals surface area contributed by atoms with Crippen molar-refractivity contribution in [2.24, 2.45) is 0 Å². The van der Waals surface area contributed by atoms with Gasteiger partial charge in [0, 0.05) is 0 Å². The lowest BCUT2D eigenvalue weighted by molar-refractivity contribution is -0.110. The van der Waals surface area contributed by atoms with E-state index in [0.29, 0.717) is 0 Å². The molecule has 0 aromatic rings. The van der Waals surface area contributed by atoms with Crippen LogP contribution >= 0.6 is 21.8 Å². The number of hydrogen-bond acceptors (Lipinski definition) is 3. The summed E-state index contributed by atoms with van der Waals surface area (Å²) in [6, 6.07) is 0. The van der Waals surface area contributed by atoms with Gasteiger partial charge >= 0.3 is 0 Å². The Morgan fingerprint density at radius 2 is 1.83 bits per heavy atom. The summed E-state index contributed by atoms with van der Waals surface area (Å²) in [5.74, 6) is 0. The fourth-order valence-electron chi connectivity index (χ4n) is 0.433. The number of carbonyl (C=O) groups is 2. The first-order chi connectivity index (χ1) is 5.38. The first-order valence-electron chi connectivity index (χ1n) is 3.41. The molecule has 0 radical (unpaired) electrons. The third kappa shape index (κ3) is 4.66. The third-order valence-corrected chi connectivity index (χ3v) is 3.27. The number of amides is 1. The van der Waals surface area contributed by atoms with Gasteiger partial charge in [-0.25, -0.2) is 0 Å². The fraction of sp³-hybridized carbons (Fsp3) is 0.714. The quantitative estimate of drug-likeness (QED) is 0.745. The van der Waals surface area contributed by atoms with Crippen LogP contribution in [0.4, 0.5) is 4.79 Å². The Hall–Kier alpha value is -0.160. The first-order valence-corrected chi connectivity index (χ1v) is 7.49. The van der Waals surface area contributed by atoms with E-state index in [1.54, 1.807) is 6.26 Å². The minimum atomic E-state index is -1.17. The van der Waals surface area contributed by atoms with Gasteiger partial charge in [0.15, 0.2) is 5.12 Å². The van der Waals surface area contributed by atoms with E-state index in [1.165, 1.54) is 0 Å². The number of carbonyl (C=O) groups excluding carboxylic acids is 2. The number of nitrogens with one attached hydrogen (secondary N) is 1. The highest BCUT2D eigenvalue weighted by Crippen LogP contribution is 2.34. The zero-order valence-electron chi connectivity index (χ0n) is 7.84. The second kappa shape index (κ2) is 4.77. The Bertz CT molecular complexity index is 186. The van der Waals surface area contributed by atoms with Gasteiger partial charge in [-0.05, 0) is 25.0 Å². The van der Waals surface area contributed by atoms with Crippen molar-refractivity contribution in [3.8, 4) is 0 Å². The van der Waals surface area contributed by atoms with E-state index in [9.17, 15) is 9.59 Å². The van der Waals surface area contributed by atoms with Crippen LogP contribution in [0.15, 0.2) is 0 Å². The molecule has 0 aliphatic heterocycles. The van der Waals surface area contributed by atoms with Crippen LogP contribution in [0.1, 0.15) is 0 Å². The van der Waals surface area contributed by atoms with Crippen LogP contribution < -0.4 is 5.32 Å². The molecule has 0 aliphatic carbocycles. The van der Waals surface area contributed by atoms with Crippen LogP contribution in [-0.2, 0) is 4.79 Å². The lowest BCUT2D eigenvalue weighted by atomic mass is 10.7. The zero-order valence-corrected chi connectivity index (χ0v) is 9.47. The Morgan fingerprint density at radius 3 is 2.17 bits per heavy atom. The monoisotopic (exact) mass is 209 g/mol. The number of rotatable bonds is 2. The summed E-state index contributed by atoms with van der Waals surface area (Å²) in [6.45, 7) is 0.165. The summed E-state index contributed by atoms with van der Waals surface area (Å²) in [5, 5.41) is 2.52. The third-order valence-electron chi connectivity index (χ3n) is 1.25. The molecule has 1 N–H and O–H groups in total. The Kier molecular flexibility index (Phi) is 4.70. The average molecular weight is 209 g/mol. The molecule has 0 spiro atoms. The molecule has 0 heterocycles. The largest absolute Gasteiger partial charge is 0.339 e. The zero-order chi connectivity index (χ0) is 9.78. The summed E-state index contributed by atoms with van der Waals surface area (Å²) >= 11 is 1.08. The van der Waals surface area contributed by atoms with E-state index in [0.717, 1.165) is 11.8 Å². The molecule has 0 unspecified atom stereocenters. The van der Waals surface area contributed by atoms with Crippen LogP contribution in [0, 0.1) is 0 Å². The molecule has 72 valence electrons. The second-order valence-electron chi connectivity index (χ2n) is 3.05. The van der Waals surface area contributed by atoms with E-state index in [-0.39, 0.29) is 16.9 Å². The Balaban J connectivity index is 3.81. The average Bonchev–Trinajstić information content (AvgIpc) is 1.97. The van der Waals surface area contributed by atoms with Gasteiger partial charge < -0.3 is 5.32 Å².